The summed E-state index contributed by atoms with van der Waals surface area (Å²) in [6.07, 6.45) is 3.56. The van der Waals surface area contributed by atoms with Crippen LogP contribution < -0.4 is 0 Å². The minimum Gasteiger partial charge on any atom is -0.381 e. The molecule has 2 heterocycles. The standard InChI is InChI=1S/C9H13N3OS/c14-9-11-10-8(6-3-4-13-5-6)12(9)7-1-2-7/h6-7H,1-5H2,(H,11,14). The lowest BCUT2D eigenvalue weighted by Gasteiger charge is -2.08. The van der Waals surface area contributed by atoms with Gasteiger partial charge in [-0.2, -0.15) is 5.10 Å². The van der Waals surface area contributed by atoms with E-state index >= 15 is 0 Å². The fourth-order valence-electron chi connectivity index (χ4n) is 2.03. The molecule has 1 aromatic heterocycles. The first kappa shape index (κ1) is 8.61. The van der Waals surface area contributed by atoms with Crippen LogP contribution in [0.3, 0.4) is 0 Å². The zero-order valence-electron chi connectivity index (χ0n) is 7.90. The number of aromatic amines is 1. The van der Waals surface area contributed by atoms with Crippen molar-refractivity contribution in [2.75, 3.05) is 13.2 Å². The van der Waals surface area contributed by atoms with E-state index < -0.39 is 0 Å². The van der Waals surface area contributed by atoms with Gasteiger partial charge in [-0.3, -0.25) is 5.10 Å². The maximum absolute atomic E-state index is 5.37. The van der Waals surface area contributed by atoms with Crippen LogP contribution in [0.4, 0.5) is 0 Å². The van der Waals surface area contributed by atoms with E-state index in [1.54, 1.807) is 0 Å². The molecule has 1 unspecified atom stereocenters. The van der Waals surface area contributed by atoms with Gasteiger partial charge < -0.3 is 9.30 Å². The Labute approximate surface area is 87.3 Å². The Hall–Kier alpha value is -0.680. The number of rotatable bonds is 2. The summed E-state index contributed by atoms with van der Waals surface area (Å²) in [6.45, 7) is 1.65. The number of aromatic nitrogens is 3. The Morgan fingerprint density at radius 2 is 2.29 bits per heavy atom. The van der Waals surface area contributed by atoms with Crippen LogP contribution in [-0.4, -0.2) is 28.0 Å². The van der Waals surface area contributed by atoms with Crippen molar-refractivity contribution < 1.29 is 4.74 Å². The van der Waals surface area contributed by atoms with Crippen molar-refractivity contribution in [3.05, 3.63) is 10.6 Å². The third-order valence-corrected chi connectivity index (χ3v) is 3.23. The van der Waals surface area contributed by atoms with E-state index in [9.17, 15) is 0 Å². The van der Waals surface area contributed by atoms with Gasteiger partial charge in [0.15, 0.2) is 4.77 Å². The topological polar surface area (TPSA) is 42.8 Å². The second-order valence-electron chi connectivity index (χ2n) is 4.05. The lowest BCUT2D eigenvalue weighted by Crippen LogP contribution is -2.08. The molecule has 1 aromatic rings. The second-order valence-corrected chi connectivity index (χ2v) is 4.44. The molecule has 1 atom stereocenters. The van der Waals surface area contributed by atoms with Crippen molar-refractivity contribution in [3.63, 3.8) is 0 Å². The van der Waals surface area contributed by atoms with E-state index in [0.29, 0.717) is 12.0 Å². The Bertz CT molecular complexity index is 387. The molecule has 0 radical (unpaired) electrons. The van der Waals surface area contributed by atoms with Gasteiger partial charge in [-0.05, 0) is 31.5 Å². The molecule has 2 fully saturated rings. The molecular weight excluding hydrogens is 198 g/mol. The molecule has 1 aliphatic heterocycles. The van der Waals surface area contributed by atoms with Gasteiger partial charge in [0.2, 0.25) is 0 Å². The first-order chi connectivity index (χ1) is 6.86. The minimum atomic E-state index is 0.448. The van der Waals surface area contributed by atoms with E-state index in [1.807, 2.05) is 0 Å². The second kappa shape index (κ2) is 3.17. The van der Waals surface area contributed by atoms with Crippen LogP contribution in [0.5, 0.6) is 0 Å². The highest BCUT2D eigenvalue weighted by Gasteiger charge is 2.31. The number of ether oxygens (including phenoxy) is 1. The highest BCUT2D eigenvalue weighted by molar-refractivity contribution is 7.71. The molecule has 0 bridgehead atoms. The van der Waals surface area contributed by atoms with Gasteiger partial charge in [0.05, 0.1) is 6.61 Å². The Balaban J connectivity index is 1.99. The fraction of sp³-hybridized carbons (Fsp3) is 0.778. The quantitative estimate of drug-likeness (QED) is 0.758. The number of nitrogens with one attached hydrogen (secondary N) is 1. The van der Waals surface area contributed by atoms with E-state index in [-0.39, 0.29) is 0 Å². The average molecular weight is 211 g/mol. The van der Waals surface area contributed by atoms with Crippen molar-refractivity contribution in [1.29, 1.82) is 0 Å². The molecule has 1 saturated carbocycles. The van der Waals surface area contributed by atoms with Gasteiger partial charge in [0, 0.05) is 18.6 Å². The lowest BCUT2D eigenvalue weighted by molar-refractivity contribution is 0.192. The molecule has 0 spiro atoms. The van der Waals surface area contributed by atoms with E-state index in [4.69, 9.17) is 17.0 Å². The molecule has 1 N–H and O–H groups in total. The fourth-order valence-corrected chi connectivity index (χ4v) is 2.32. The van der Waals surface area contributed by atoms with E-state index in [2.05, 4.69) is 14.8 Å². The Morgan fingerprint density at radius 3 is 2.93 bits per heavy atom. The summed E-state index contributed by atoms with van der Waals surface area (Å²) in [6, 6.07) is 0.608. The summed E-state index contributed by atoms with van der Waals surface area (Å²) in [7, 11) is 0. The monoisotopic (exact) mass is 211 g/mol. The lowest BCUT2D eigenvalue weighted by atomic mass is 10.1. The van der Waals surface area contributed by atoms with Gasteiger partial charge in [-0.25, -0.2) is 0 Å². The van der Waals surface area contributed by atoms with Gasteiger partial charge in [-0.1, -0.05) is 0 Å². The van der Waals surface area contributed by atoms with Crippen LogP contribution in [0, 0.1) is 4.77 Å². The summed E-state index contributed by atoms with van der Waals surface area (Å²) < 4.78 is 8.34. The zero-order chi connectivity index (χ0) is 9.54. The van der Waals surface area contributed by atoms with Crippen LogP contribution in [0.25, 0.3) is 0 Å². The average Bonchev–Trinajstić information content (AvgIpc) is 2.75. The minimum absolute atomic E-state index is 0.448. The smallest absolute Gasteiger partial charge is 0.195 e. The van der Waals surface area contributed by atoms with Gasteiger partial charge in [0.1, 0.15) is 5.82 Å². The number of hydrogen-bond acceptors (Lipinski definition) is 3. The highest BCUT2D eigenvalue weighted by Crippen LogP contribution is 2.38. The molecule has 2 aliphatic rings. The van der Waals surface area contributed by atoms with Crippen LogP contribution in [0.2, 0.25) is 0 Å². The van der Waals surface area contributed by atoms with Crippen LogP contribution in [0.15, 0.2) is 0 Å². The Morgan fingerprint density at radius 1 is 1.43 bits per heavy atom. The normalized spacial score (nSPS) is 27.0. The molecular formula is C9H13N3OS. The van der Waals surface area contributed by atoms with Crippen LogP contribution in [0.1, 0.15) is 37.0 Å². The maximum Gasteiger partial charge on any atom is 0.195 e. The van der Waals surface area contributed by atoms with Gasteiger partial charge in [0.25, 0.3) is 0 Å². The SMILES string of the molecule is S=c1[nH]nc(C2CCOC2)n1C1CC1. The molecule has 0 amide bonds. The van der Waals surface area contributed by atoms with Crippen molar-refractivity contribution in [3.8, 4) is 0 Å². The summed E-state index contributed by atoms with van der Waals surface area (Å²) in [5, 5.41) is 7.22. The molecule has 1 saturated heterocycles. The van der Waals surface area contributed by atoms with Crippen molar-refractivity contribution in [1.82, 2.24) is 14.8 Å². The summed E-state index contributed by atoms with van der Waals surface area (Å²) in [4.78, 5) is 0. The van der Waals surface area contributed by atoms with Crippen molar-refractivity contribution in [2.24, 2.45) is 0 Å². The van der Waals surface area contributed by atoms with Gasteiger partial charge >= 0.3 is 0 Å². The Kier molecular flexibility index (Phi) is 1.95. The third kappa shape index (κ3) is 1.31. The molecule has 4 nitrogen and oxygen atoms in total. The molecule has 3 rings (SSSR count). The number of nitrogens with zero attached hydrogens (tertiary/aromatic N) is 2. The summed E-state index contributed by atoms with van der Waals surface area (Å²) in [5.74, 6) is 1.55. The predicted molar refractivity (Wildman–Crippen MR) is 53.9 cm³/mol. The van der Waals surface area contributed by atoms with E-state index in [0.717, 1.165) is 30.2 Å². The van der Waals surface area contributed by atoms with Crippen molar-refractivity contribution in [2.45, 2.75) is 31.2 Å². The number of H-pyrrole nitrogens is 1. The first-order valence-electron chi connectivity index (χ1n) is 5.11. The molecule has 14 heavy (non-hydrogen) atoms. The maximum atomic E-state index is 5.37. The third-order valence-electron chi connectivity index (χ3n) is 2.94. The van der Waals surface area contributed by atoms with Gasteiger partial charge in [-0.15, -0.1) is 0 Å². The number of hydrogen-bond donors (Lipinski definition) is 1. The summed E-state index contributed by atoms with van der Waals surface area (Å²) in [5.41, 5.74) is 0. The van der Waals surface area contributed by atoms with E-state index in [1.165, 1.54) is 12.8 Å². The largest absolute Gasteiger partial charge is 0.381 e. The molecule has 0 aromatic carbocycles. The van der Waals surface area contributed by atoms with Crippen molar-refractivity contribution >= 4 is 12.2 Å². The van der Waals surface area contributed by atoms with Crippen LogP contribution >= 0.6 is 12.2 Å². The summed E-state index contributed by atoms with van der Waals surface area (Å²) >= 11 is 5.23. The molecule has 76 valence electrons. The highest BCUT2D eigenvalue weighted by atomic mass is 32.1. The molecule has 1 aliphatic carbocycles. The van der Waals surface area contributed by atoms with Crippen LogP contribution in [-0.2, 0) is 4.74 Å². The predicted octanol–water partition coefficient (Wildman–Crippen LogP) is 1.78. The molecule has 5 heteroatoms. The zero-order valence-corrected chi connectivity index (χ0v) is 8.72. The first-order valence-corrected chi connectivity index (χ1v) is 5.51.